The number of likely N-dealkylation sites (tertiary alicyclic amines) is 1. The molecule has 2 N–H and O–H groups in total. The van der Waals surface area contributed by atoms with Gasteiger partial charge in [0.15, 0.2) is 5.11 Å². The minimum atomic E-state index is -2.83. The van der Waals surface area contributed by atoms with Crippen LogP contribution in [0.15, 0.2) is 47.1 Å². The third kappa shape index (κ3) is 5.90. The first-order chi connectivity index (χ1) is 13.1. The van der Waals surface area contributed by atoms with Crippen molar-refractivity contribution in [3.63, 3.8) is 0 Å². The molecule has 1 aliphatic rings. The second-order valence-corrected chi connectivity index (χ2v) is 6.77. The van der Waals surface area contributed by atoms with Crippen LogP contribution in [-0.2, 0) is 0 Å². The number of thiocarbonyl (C=S) groups is 1. The zero-order valence-electron chi connectivity index (χ0n) is 14.9. The second kappa shape index (κ2) is 9.66. The summed E-state index contributed by atoms with van der Waals surface area (Å²) in [5.41, 5.74) is 0.696. The van der Waals surface area contributed by atoms with Gasteiger partial charge in [0.25, 0.3) is 0 Å². The summed E-state index contributed by atoms with van der Waals surface area (Å²) in [6.07, 6.45) is 5.33. The van der Waals surface area contributed by atoms with Gasteiger partial charge in [-0.2, -0.15) is 8.78 Å². The van der Waals surface area contributed by atoms with Crippen LogP contribution in [0.25, 0.3) is 0 Å². The maximum atomic E-state index is 12.2. The first kappa shape index (κ1) is 19.6. The van der Waals surface area contributed by atoms with Gasteiger partial charge in [-0.1, -0.05) is 6.42 Å². The molecule has 146 valence electrons. The Labute approximate surface area is 162 Å². The fourth-order valence-corrected chi connectivity index (χ4v) is 3.41. The molecule has 2 heterocycles. The van der Waals surface area contributed by atoms with Crippen molar-refractivity contribution >= 4 is 23.0 Å². The molecule has 0 radical (unpaired) electrons. The van der Waals surface area contributed by atoms with Gasteiger partial charge in [0, 0.05) is 12.2 Å². The van der Waals surface area contributed by atoms with Gasteiger partial charge in [-0.25, -0.2) is 0 Å². The Balaban J connectivity index is 1.54. The summed E-state index contributed by atoms with van der Waals surface area (Å²) in [5, 5.41) is 6.75. The minimum Gasteiger partial charge on any atom is -0.468 e. The Hall–Kier alpha value is -2.19. The number of alkyl halides is 2. The highest BCUT2D eigenvalue weighted by Crippen LogP contribution is 2.24. The van der Waals surface area contributed by atoms with Gasteiger partial charge in [-0.05, 0) is 74.5 Å². The molecule has 27 heavy (non-hydrogen) atoms. The number of piperidine rings is 1. The molecular weight excluding hydrogens is 372 g/mol. The number of anilines is 1. The highest BCUT2D eigenvalue weighted by Gasteiger charge is 2.24. The number of hydrogen-bond acceptors (Lipinski definition) is 4. The van der Waals surface area contributed by atoms with E-state index in [1.165, 1.54) is 31.4 Å². The Morgan fingerprint density at radius 1 is 1.15 bits per heavy atom. The fraction of sp³-hybridized carbons (Fsp3) is 0.421. The average Bonchev–Trinajstić information content (AvgIpc) is 3.18. The fourth-order valence-electron chi connectivity index (χ4n) is 3.20. The van der Waals surface area contributed by atoms with Crippen molar-refractivity contribution in [2.75, 3.05) is 25.0 Å². The van der Waals surface area contributed by atoms with Crippen LogP contribution in [0.4, 0.5) is 14.5 Å². The van der Waals surface area contributed by atoms with Crippen molar-refractivity contribution in [1.29, 1.82) is 0 Å². The predicted molar refractivity (Wildman–Crippen MR) is 104 cm³/mol. The van der Waals surface area contributed by atoms with E-state index in [-0.39, 0.29) is 11.8 Å². The molecule has 0 saturated carbocycles. The van der Waals surface area contributed by atoms with Crippen LogP contribution in [-0.4, -0.2) is 36.3 Å². The number of nitrogens with one attached hydrogen (secondary N) is 2. The molecule has 0 amide bonds. The van der Waals surface area contributed by atoms with Crippen LogP contribution in [0.3, 0.4) is 0 Å². The zero-order valence-corrected chi connectivity index (χ0v) is 15.7. The standard InChI is InChI=1S/C19H23F2N3O2S/c20-18(21)26-15-8-6-14(7-9-15)23-19(27)22-13-16(17-5-4-12-25-17)24-10-2-1-3-11-24/h4-9,12,16,18H,1-3,10-11,13H2,(H2,22,23,27)/t16-/m0/s1. The highest BCUT2D eigenvalue weighted by molar-refractivity contribution is 7.80. The van der Waals surface area contributed by atoms with Gasteiger partial charge in [0.05, 0.1) is 12.3 Å². The number of ether oxygens (including phenoxy) is 1. The summed E-state index contributed by atoms with van der Waals surface area (Å²) < 4.78 is 34.4. The molecule has 1 saturated heterocycles. The molecule has 8 heteroatoms. The Morgan fingerprint density at radius 3 is 2.52 bits per heavy atom. The molecule has 1 atom stereocenters. The van der Waals surface area contributed by atoms with E-state index in [1.807, 2.05) is 12.1 Å². The lowest BCUT2D eigenvalue weighted by atomic mass is 10.1. The summed E-state index contributed by atoms with van der Waals surface area (Å²) in [4.78, 5) is 2.41. The van der Waals surface area contributed by atoms with Gasteiger partial charge < -0.3 is 19.8 Å². The van der Waals surface area contributed by atoms with E-state index >= 15 is 0 Å². The number of furan rings is 1. The SMILES string of the molecule is FC(F)Oc1ccc(NC(=S)NC[C@@H](c2ccco2)N2CCCCC2)cc1. The molecule has 1 aromatic heterocycles. The lowest BCUT2D eigenvalue weighted by Crippen LogP contribution is -2.41. The number of hydrogen-bond donors (Lipinski definition) is 2. The van der Waals surface area contributed by atoms with Crippen molar-refractivity contribution in [2.24, 2.45) is 0 Å². The van der Waals surface area contributed by atoms with Gasteiger partial charge in [0.2, 0.25) is 0 Å². The normalized spacial score (nSPS) is 16.1. The Kier molecular flexibility index (Phi) is 7.00. The van der Waals surface area contributed by atoms with Crippen molar-refractivity contribution in [1.82, 2.24) is 10.2 Å². The van der Waals surface area contributed by atoms with Gasteiger partial charge in [-0.15, -0.1) is 0 Å². The summed E-state index contributed by atoms with van der Waals surface area (Å²) in [6, 6.07) is 10.2. The van der Waals surface area contributed by atoms with Crippen molar-refractivity contribution in [2.45, 2.75) is 31.9 Å². The average molecular weight is 395 g/mol. The number of benzene rings is 1. The van der Waals surface area contributed by atoms with Crippen LogP contribution in [0, 0.1) is 0 Å². The maximum Gasteiger partial charge on any atom is 0.387 e. The molecule has 2 aromatic rings. The monoisotopic (exact) mass is 395 g/mol. The molecule has 3 rings (SSSR count). The van der Waals surface area contributed by atoms with Gasteiger partial charge >= 0.3 is 6.61 Å². The topological polar surface area (TPSA) is 49.7 Å². The Bertz CT molecular complexity index is 704. The van der Waals surface area contributed by atoms with E-state index in [4.69, 9.17) is 16.6 Å². The van der Waals surface area contributed by atoms with Crippen molar-refractivity contribution < 1.29 is 17.9 Å². The van der Waals surface area contributed by atoms with Gasteiger partial charge in [-0.3, -0.25) is 4.90 Å². The third-order valence-electron chi connectivity index (χ3n) is 4.50. The van der Waals surface area contributed by atoms with E-state index in [0.29, 0.717) is 17.3 Å². The first-order valence-corrected chi connectivity index (χ1v) is 9.40. The number of halogens is 2. The van der Waals surface area contributed by atoms with E-state index in [2.05, 4.69) is 20.3 Å². The first-order valence-electron chi connectivity index (χ1n) is 8.99. The third-order valence-corrected chi connectivity index (χ3v) is 4.74. The molecule has 0 bridgehead atoms. The summed E-state index contributed by atoms with van der Waals surface area (Å²) >= 11 is 5.37. The minimum absolute atomic E-state index is 0.109. The van der Waals surface area contributed by atoms with Crippen molar-refractivity contribution in [3.8, 4) is 5.75 Å². The van der Waals surface area contributed by atoms with E-state index < -0.39 is 6.61 Å². The maximum absolute atomic E-state index is 12.2. The summed E-state index contributed by atoms with van der Waals surface area (Å²) in [6.45, 7) is -0.135. The Morgan fingerprint density at radius 2 is 1.89 bits per heavy atom. The molecular formula is C19H23F2N3O2S. The smallest absolute Gasteiger partial charge is 0.387 e. The summed E-state index contributed by atoms with van der Waals surface area (Å²) in [7, 11) is 0. The molecule has 1 aromatic carbocycles. The molecule has 0 aliphatic carbocycles. The van der Waals surface area contributed by atoms with Crippen LogP contribution in [0.1, 0.15) is 31.1 Å². The van der Waals surface area contributed by atoms with Gasteiger partial charge in [0.1, 0.15) is 11.5 Å². The van der Waals surface area contributed by atoms with E-state index in [0.717, 1.165) is 18.8 Å². The van der Waals surface area contributed by atoms with Crippen LogP contribution in [0.5, 0.6) is 5.75 Å². The van der Waals surface area contributed by atoms with Crippen LogP contribution >= 0.6 is 12.2 Å². The zero-order chi connectivity index (χ0) is 19.1. The molecule has 0 spiro atoms. The number of nitrogens with zero attached hydrogens (tertiary/aromatic N) is 1. The van der Waals surface area contributed by atoms with Crippen molar-refractivity contribution in [3.05, 3.63) is 48.4 Å². The molecule has 5 nitrogen and oxygen atoms in total. The quantitative estimate of drug-likeness (QED) is 0.678. The lowest BCUT2D eigenvalue weighted by Gasteiger charge is -2.33. The predicted octanol–water partition coefficient (Wildman–Crippen LogP) is 4.39. The second-order valence-electron chi connectivity index (χ2n) is 6.37. The van der Waals surface area contributed by atoms with Crippen LogP contribution < -0.4 is 15.4 Å². The molecule has 0 unspecified atom stereocenters. The van der Waals surface area contributed by atoms with E-state index in [1.54, 1.807) is 18.4 Å². The van der Waals surface area contributed by atoms with E-state index in [9.17, 15) is 8.78 Å². The molecule has 1 aliphatic heterocycles. The van der Waals surface area contributed by atoms with Crippen LogP contribution in [0.2, 0.25) is 0 Å². The number of rotatable bonds is 7. The largest absolute Gasteiger partial charge is 0.468 e. The highest BCUT2D eigenvalue weighted by atomic mass is 32.1. The summed E-state index contributed by atoms with van der Waals surface area (Å²) in [5.74, 6) is 1.03. The molecule has 1 fully saturated rings. The lowest BCUT2D eigenvalue weighted by molar-refractivity contribution is -0.0498.